The van der Waals surface area contributed by atoms with Crippen molar-refractivity contribution in [1.29, 1.82) is 0 Å². The normalized spacial score (nSPS) is 14.1. The minimum Gasteiger partial charge on any atom is -0.491 e. The zero-order valence-electron chi connectivity index (χ0n) is 20.3. The Bertz CT molecular complexity index is 1750. The summed E-state index contributed by atoms with van der Waals surface area (Å²) in [7, 11) is 0. The van der Waals surface area contributed by atoms with Gasteiger partial charge in [0.25, 0.3) is 0 Å². The number of hydrogen-bond donors (Lipinski definition) is 2. The molecule has 0 saturated carbocycles. The third-order valence-electron chi connectivity index (χ3n) is 6.75. The van der Waals surface area contributed by atoms with Crippen LogP contribution >= 0.6 is 11.3 Å². The Morgan fingerprint density at radius 1 is 0.947 bits per heavy atom. The number of pyridine rings is 3. The highest BCUT2D eigenvalue weighted by molar-refractivity contribution is 7.14. The number of aromatic nitrogens is 7. The molecule has 6 aromatic heterocycles. The SMILES string of the molecule is Fc1ccc(-c2cncc3[nH]c(-c4n[nH]c5ccc(-c6cncc(OCCN7CCCC7)c6)nc45)nc23)s1. The molecule has 7 heterocycles. The van der Waals surface area contributed by atoms with Crippen molar-refractivity contribution >= 4 is 33.4 Å². The van der Waals surface area contributed by atoms with Crippen LogP contribution in [0.1, 0.15) is 12.8 Å². The average molecular weight is 527 g/mol. The number of nitrogens with zero attached hydrogens (tertiary/aromatic N) is 6. The number of likely N-dealkylation sites (tertiary alicyclic amines) is 1. The third-order valence-corrected chi connectivity index (χ3v) is 7.66. The van der Waals surface area contributed by atoms with Gasteiger partial charge in [0.15, 0.2) is 16.6 Å². The molecule has 0 radical (unpaired) electrons. The van der Waals surface area contributed by atoms with Crippen molar-refractivity contribution < 1.29 is 9.13 Å². The minimum absolute atomic E-state index is 0.252. The van der Waals surface area contributed by atoms with Gasteiger partial charge in [-0.05, 0) is 56.3 Å². The maximum Gasteiger partial charge on any atom is 0.176 e. The molecule has 1 aliphatic rings. The topological polar surface area (TPSA) is 108 Å². The van der Waals surface area contributed by atoms with E-state index < -0.39 is 0 Å². The number of fused-ring (bicyclic) bond motifs is 2. The fourth-order valence-corrected chi connectivity index (χ4v) is 5.59. The van der Waals surface area contributed by atoms with E-state index in [1.807, 2.05) is 18.2 Å². The Labute approximate surface area is 220 Å². The quantitative estimate of drug-likeness (QED) is 0.291. The Hall–Kier alpha value is -4.22. The molecule has 190 valence electrons. The molecule has 7 rings (SSSR count). The zero-order chi connectivity index (χ0) is 25.5. The third kappa shape index (κ3) is 4.29. The van der Waals surface area contributed by atoms with Gasteiger partial charge in [-0.15, -0.1) is 11.3 Å². The fourth-order valence-electron chi connectivity index (χ4n) is 4.85. The van der Waals surface area contributed by atoms with E-state index in [1.54, 1.807) is 30.9 Å². The molecule has 9 nitrogen and oxygen atoms in total. The van der Waals surface area contributed by atoms with Gasteiger partial charge in [-0.25, -0.2) is 9.97 Å². The molecule has 1 fully saturated rings. The van der Waals surface area contributed by atoms with Crippen LogP contribution in [0.15, 0.2) is 55.1 Å². The standard InChI is InChI=1S/C27H23FN8OS/c28-23-6-5-22(38-23)18-14-30-15-21-24(18)33-27(32-21)26-25-20(34-35-26)4-3-19(31-25)16-11-17(13-29-12-16)37-10-9-36-7-1-2-8-36/h3-6,11-15H,1-2,7-10H2,(H,32,33)(H,34,35). The first-order valence-electron chi connectivity index (χ1n) is 12.5. The van der Waals surface area contributed by atoms with Gasteiger partial charge >= 0.3 is 0 Å². The number of aromatic amines is 2. The predicted octanol–water partition coefficient (Wildman–Crippen LogP) is 5.30. The first-order valence-corrected chi connectivity index (χ1v) is 13.3. The fraction of sp³-hybridized carbons (Fsp3) is 0.222. The predicted molar refractivity (Wildman–Crippen MR) is 144 cm³/mol. The van der Waals surface area contributed by atoms with Crippen molar-refractivity contribution in [2.45, 2.75) is 12.8 Å². The summed E-state index contributed by atoms with van der Waals surface area (Å²) in [6.07, 6.45) is 9.44. The molecule has 1 aliphatic heterocycles. The molecule has 0 bridgehead atoms. The van der Waals surface area contributed by atoms with E-state index in [9.17, 15) is 4.39 Å². The number of rotatable bonds is 7. The van der Waals surface area contributed by atoms with Crippen molar-refractivity contribution in [3.63, 3.8) is 0 Å². The van der Waals surface area contributed by atoms with Gasteiger partial charge in [0.2, 0.25) is 0 Å². The maximum absolute atomic E-state index is 13.7. The molecule has 0 spiro atoms. The van der Waals surface area contributed by atoms with Crippen LogP contribution in [0.4, 0.5) is 4.39 Å². The van der Waals surface area contributed by atoms with Crippen LogP contribution in [-0.4, -0.2) is 66.3 Å². The number of H-pyrrole nitrogens is 2. The first-order chi connectivity index (χ1) is 18.7. The van der Waals surface area contributed by atoms with E-state index in [0.717, 1.165) is 69.5 Å². The Morgan fingerprint density at radius 3 is 2.71 bits per heavy atom. The molecule has 11 heteroatoms. The summed E-state index contributed by atoms with van der Waals surface area (Å²) in [6.45, 7) is 3.84. The Balaban J connectivity index is 1.20. The second-order valence-corrected chi connectivity index (χ2v) is 10.3. The summed E-state index contributed by atoms with van der Waals surface area (Å²) in [5.41, 5.74) is 5.87. The molecule has 38 heavy (non-hydrogen) atoms. The van der Waals surface area contributed by atoms with Crippen molar-refractivity contribution in [3.8, 4) is 39.0 Å². The van der Waals surface area contributed by atoms with Crippen molar-refractivity contribution in [1.82, 2.24) is 40.0 Å². The molecule has 0 atom stereocenters. The van der Waals surface area contributed by atoms with Gasteiger partial charge in [-0.3, -0.25) is 20.0 Å². The smallest absolute Gasteiger partial charge is 0.176 e. The van der Waals surface area contributed by atoms with Crippen LogP contribution < -0.4 is 4.74 Å². The van der Waals surface area contributed by atoms with E-state index in [1.165, 1.54) is 18.9 Å². The van der Waals surface area contributed by atoms with Gasteiger partial charge in [-0.1, -0.05) is 0 Å². The molecule has 0 unspecified atom stereocenters. The van der Waals surface area contributed by atoms with E-state index in [4.69, 9.17) is 14.7 Å². The lowest BCUT2D eigenvalue weighted by atomic mass is 10.1. The van der Waals surface area contributed by atoms with Gasteiger partial charge in [0.1, 0.15) is 23.4 Å². The molecule has 6 aromatic rings. The van der Waals surface area contributed by atoms with Crippen molar-refractivity contribution in [2.75, 3.05) is 26.2 Å². The number of ether oxygens (including phenoxy) is 1. The van der Waals surface area contributed by atoms with E-state index in [2.05, 4.69) is 30.0 Å². The molecule has 1 saturated heterocycles. The van der Waals surface area contributed by atoms with Crippen LogP contribution in [0, 0.1) is 5.13 Å². The highest BCUT2D eigenvalue weighted by Crippen LogP contribution is 2.34. The largest absolute Gasteiger partial charge is 0.491 e. The summed E-state index contributed by atoms with van der Waals surface area (Å²) in [4.78, 5) is 24.9. The highest BCUT2D eigenvalue weighted by Gasteiger charge is 2.18. The molecular weight excluding hydrogens is 503 g/mol. The van der Waals surface area contributed by atoms with Crippen LogP contribution in [-0.2, 0) is 0 Å². The summed E-state index contributed by atoms with van der Waals surface area (Å²) in [5.74, 6) is 1.28. The Kier molecular flexibility index (Phi) is 5.78. The van der Waals surface area contributed by atoms with Crippen LogP contribution in [0.3, 0.4) is 0 Å². The molecular formula is C27H23FN8OS. The lowest BCUT2D eigenvalue weighted by Gasteiger charge is -2.15. The minimum atomic E-state index is -0.252. The van der Waals surface area contributed by atoms with Gasteiger partial charge in [0.05, 0.1) is 29.1 Å². The lowest BCUT2D eigenvalue weighted by molar-refractivity contribution is 0.237. The summed E-state index contributed by atoms with van der Waals surface area (Å²) in [5, 5.41) is 7.29. The number of halogens is 1. The molecule has 0 aromatic carbocycles. The number of hydrogen-bond acceptors (Lipinski definition) is 8. The average Bonchev–Trinajstić information content (AvgIpc) is 3.74. The number of nitrogens with one attached hydrogen (secondary N) is 2. The first kappa shape index (κ1) is 22.9. The molecule has 0 amide bonds. The number of imidazole rings is 1. The second kappa shape index (κ2) is 9.58. The van der Waals surface area contributed by atoms with E-state index in [0.29, 0.717) is 29.2 Å². The van der Waals surface area contributed by atoms with Crippen LogP contribution in [0.5, 0.6) is 5.75 Å². The monoisotopic (exact) mass is 526 g/mol. The maximum atomic E-state index is 13.7. The van der Waals surface area contributed by atoms with E-state index in [-0.39, 0.29) is 5.13 Å². The lowest BCUT2D eigenvalue weighted by Crippen LogP contribution is -2.25. The van der Waals surface area contributed by atoms with Crippen LogP contribution in [0.25, 0.3) is 55.3 Å². The van der Waals surface area contributed by atoms with Crippen LogP contribution in [0.2, 0.25) is 0 Å². The van der Waals surface area contributed by atoms with Gasteiger partial charge in [0, 0.05) is 34.9 Å². The summed E-state index contributed by atoms with van der Waals surface area (Å²) >= 11 is 1.06. The zero-order valence-corrected chi connectivity index (χ0v) is 21.1. The van der Waals surface area contributed by atoms with Gasteiger partial charge in [-0.2, -0.15) is 9.49 Å². The van der Waals surface area contributed by atoms with Crippen molar-refractivity contribution in [3.05, 3.63) is 60.3 Å². The van der Waals surface area contributed by atoms with E-state index >= 15 is 0 Å². The van der Waals surface area contributed by atoms with Gasteiger partial charge < -0.3 is 9.72 Å². The summed E-state index contributed by atoms with van der Waals surface area (Å²) in [6, 6.07) is 9.02. The molecule has 2 N–H and O–H groups in total. The molecule has 0 aliphatic carbocycles. The second-order valence-electron chi connectivity index (χ2n) is 9.24. The summed E-state index contributed by atoms with van der Waals surface area (Å²) < 4.78 is 19.7. The number of thiophene rings is 1. The highest BCUT2D eigenvalue weighted by atomic mass is 32.1. The van der Waals surface area contributed by atoms with Crippen molar-refractivity contribution in [2.24, 2.45) is 0 Å². The Morgan fingerprint density at radius 2 is 1.84 bits per heavy atom.